The highest BCUT2D eigenvalue weighted by molar-refractivity contribution is 6.32. The number of nitro benzene ring substituents is 1. The topological polar surface area (TPSA) is 107 Å². The molecular weight excluding hydrogens is 325 g/mol. The number of carbonyl (C=O) groups excluding carboxylic acids is 1. The van der Waals surface area contributed by atoms with Crippen molar-refractivity contribution in [2.75, 3.05) is 6.61 Å². The molecule has 9 heteroatoms. The summed E-state index contributed by atoms with van der Waals surface area (Å²) >= 11 is 5.85. The number of nitro groups is 1. The molecule has 21 heavy (non-hydrogen) atoms. The Bertz CT molecular complexity index is 535. The summed E-state index contributed by atoms with van der Waals surface area (Å²) in [7, 11) is 0. The minimum atomic E-state index is -0.894. The zero-order valence-corrected chi connectivity index (χ0v) is 12.4. The van der Waals surface area contributed by atoms with Gasteiger partial charge in [0.05, 0.1) is 28.2 Å². The lowest BCUT2D eigenvalue weighted by Crippen LogP contribution is -2.02. The molecule has 0 aliphatic heterocycles. The van der Waals surface area contributed by atoms with Gasteiger partial charge in [-0.05, 0) is 18.9 Å². The Hall–Kier alpha value is -1.86. The van der Waals surface area contributed by atoms with Gasteiger partial charge < -0.3 is 9.84 Å². The number of nitrogens with zero attached hydrogens (tertiary/aromatic N) is 1. The summed E-state index contributed by atoms with van der Waals surface area (Å²) < 4.78 is 5.26. The fourth-order valence-corrected chi connectivity index (χ4v) is 1.71. The van der Waals surface area contributed by atoms with Crippen LogP contribution in [0.5, 0.6) is 5.75 Å². The summed E-state index contributed by atoms with van der Waals surface area (Å²) in [5, 5.41) is 19.3. The van der Waals surface area contributed by atoms with E-state index in [2.05, 4.69) is 0 Å². The number of carbonyl (C=O) groups is 2. The molecule has 0 bridgehead atoms. The number of aldehydes is 1. The number of unbranched alkanes of at least 4 members (excludes halogenated alkanes) is 1. The van der Waals surface area contributed by atoms with Crippen molar-refractivity contribution in [1.29, 1.82) is 0 Å². The van der Waals surface area contributed by atoms with E-state index in [4.69, 9.17) is 21.4 Å². The summed E-state index contributed by atoms with van der Waals surface area (Å²) in [4.78, 5) is 31.1. The van der Waals surface area contributed by atoms with Crippen molar-refractivity contribution in [3.05, 3.63) is 32.8 Å². The molecule has 0 aliphatic rings. The van der Waals surface area contributed by atoms with Crippen molar-refractivity contribution in [2.45, 2.75) is 19.3 Å². The first-order valence-electron chi connectivity index (χ1n) is 5.73. The van der Waals surface area contributed by atoms with Gasteiger partial charge in [0.15, 0.2) is 6.29 Å². The molecule has 0 fully saturated rings. The zero-order chi connectivity index (χ0) is 15.1. The van der Waals surface area contributed by atoms with E-state index in [-0.39, 0.29) is 47.5 Å². The molecule has 1 aromatic carbocycles. The normalized spacial score (nSPS) is 9.57. The first kappa shape index (κ1) is 19.1. The van der Waals surface area contributed by atoms with E-state index in [1.54, 1.807) is 0 Å². The molecular formula is C12H13Cl2NO6. The fraction of sp³-hybridized carbons (Fsp3) is 0.333. The predicted molar refractivity (Wildman–Crippen MR) is 77.7 cm³/mol. The molecule has 0 amide bonds. The Morgan fingerprint density at radius 1 is 1.43 bits per heavy atom. The molecule has 0 spiro atoms. The summed E-state index contributed by atoms with van der Waals surface area (Å²) in [6.07, 6.45) is 1.29. The van der Waals surface area contributed by atoms with E-state index >= 15 is 0 Å². The van der Waals surface area contributed by atoms with Gasteiger partial charge in [-0.2, -0.15) is 0 Å². The average molecular weight is 338 g/mol. The van der Waals surface area contributed by atoms with Gasteiger partial charge in [0.2, 0.25) is 0 Å². The van der Waals surface area contributed by atoms with Gasteiger partial charge in [-0.1, -0.05) is 11.6 Å². The van der Waals surface area contributed by atoms with Crippen LogP contribution in [0.15, 0.2) is 12.1 Å². The Morgan fingerprint density at radius 3 is 2.62 bits per heavy atom. The molecule has 1 aromatic rings. The van der Waals surface area contributed by atoms with Crippen LogP contribution in [0, 0.1) is 10.1 Å². The molecule has 7 nitrogen and oxygen atoms in total. The minimum absolute atomic E-state index is 0. The van der Waals surface area contributed by atoms with Crippen LogP contribution in [-0.2, 0) is 4.79 Å². The number of halogens is 2. The van der Waals surface area contributed by atoms with Crippen LogP contribution in [0.4, 0.5) is 5.69 Å². The van der Waals surface area contributed by atoms with E-state index < -0.39 is 10.9 Å². The number of rotatable bonds is 8. The number of hydrogen-bond acceptors (Lipinski definition) is 5. The third kappa shape index (κ3) is 5.97. The third-order valence-electron chi connectivity index (χ3n) is 2.45. The highest BCUT2D eigenvalue weighted by Gasteiger charge is 2.17. The van der Waals surface area contributed by atoms with Crippen molar-refractivity contribution >= 4 is 42.0 Å². The maximum atomic E-state index is 10.8. The first-order chi connectivity index (χ1) is 9.45. The average Bonchev–Trinajstić information content (AvgIpc) is 2.38. The molecule has 0 radical (unpaired) electrons. The molecule has 0 atom stereocenters. The van der Waals surface area contributed by atoms with Gasteiger partial charge in [-0.3, -0.25) is 19.7 Å². The van der Waals surface area contributed by atoms with Crippen LogP contribution >= 0.6 is 24.0 Å². The molecule has 116 valence electrons. The van der Waals surface area contributed by atoms with Gasteiger partial charge in [0, 0.05) is 6.42 Å². The monoisotopic (exact) mass is 337 g/mol. The largest absolute Gasteiger partial charge is 0.492 e. The number of carboxylic acids is 1. The minimum Gasteiger partial charge on any atom is -0.492 e. The maximum absolute atomic E-state index is 10.8. The first-order valence-corrected chi connectivity index (χ1v) is 6.11. The number of aliphatic carboxylic acids is 1. The Balaban J connectivity index is 0.00000400. The lowest BCUT2D eigenvalue weighted by atomic mass is 10.2. The Labute approximate surface area is 131 Å². The van der Waals surface area contributed by atoms with Crippen LogP contribution in [0.1, 0.15) is 29.6 Å². The molecule has 0 aliphatic carbocycles. The van der Waals surface area contributed by atoms with E-state index in [1.807, 2.05) is 0 Å². The number of ether oxygens (including phenoxy) is 1. The van der Waals surface area contributed by atoms with Crippen molar-refractivity contribution in [3.63, 3.8) is 0 Å². The zero-order valence-electron chi connectivity index (χ0n) is 10.8. The lowest BCUT2D eigenvalue weighted by Gasteiger charge is -2.08. The second kappa shape index (κ2) is 9.15. The lowest BCUT2D eigenvalue weighted by molar-refractivity contribution is -0.385. The van der Waals surface area contributed by atoms with E-state index in [0.717, 1.165) is 6.07 Å². The molecule has 0 saturated heterocycles. The molecule has 0 heterocycles. The van der Waals surface area contributed by atoms with Crippen LogP contribution in [-0.4, -0.2) is 28.9 Å². The summed E-state index contributed by atoms with van der Waals surface area (Å²) in [5.74, 6) is -0.798. The third-order valence-corrected chi connectivity index (χ3v) is 2.74. The number of carboxylic acid groups (broad SMARTS) is 1. The van der Waals surface area contributed by atoms with Gasteiger partial charge >= 0.3 is 5.97 Å². The summed E-state index contributed by atoms with van der Waals surface area (Å²) in [6, 6.07) is 2.25. The van der Waals surface area contributed by atoms with Gasteiger partial charge in [0.25, 0.3) is 5.69 Å². The molecule has 0 unspecified atom stereocenters. The van der Waals surface area contributed by atoms with Crippen molar-refractivity contribution < 1.29 is 24.4 Å². The van der Waals surface area contributed by atoms with E-state index in [0.29, 0.717) is 19.1 Å². The van der Waals surface area contributed by atoms with Crippen molar-refractivity contribution in [2.24, 2.45) is 0 Å². The van der Waals surface area contributed by atoms with Crippen molar-refractivity contribution in [3.8, 4) is 5.75 Å². The van der Waals surface area contributed by atoms with Crippen LogP contribution in [0.3, 0.4) is 0 Å². The van der Waals surface area contributed by atoms with Gasteiger partial charge in [-0.25, -0.2) is 0 Å². The Kier molecular flexibility index (Phi) is 8.34. The maximum Gasteiger partial charge on any atom is 0.303 e. The quantitative estimate of drug-likeness (QED) is 0.338. The second-order valence-corrected chi connectivity index (χ2v) is 4.32. The highest BCUT2D eigenvalue weighted by atomic mass is 35.5. The van der Waals surface area contributed by atoms with E-state index in [9.17, 15) is 19.7 Å². The number of benzene rings is 1. The van der Waals surface area contributed by atoms with Crippen LogP contribution in [0.25, 0.3) is 0 Å². The fourth-order valence-electron chi connectivity index (χ4n) is 1.48. The van der Waals surface area contributed by atoms with Crippen LogP contribution < -0.4 is 4.74 Å². The van der Waals surface area contributed by atoms with Crippen LogP contribution in [0.2, 0.25) is 5.02 Å². The Morgan fingerprint density at radius 2 is 2.10 bits per heavy atom. The highest BCUT2D eigenvalue weighted by Crippen LogP contribution is 2.32. The van der Waals surface area contributed by atoms with Gasteiger partial charge in [0.1, 0.15) is 5.75 Å². The second-order valence-electron chi connectivity index (χ2n) is 3.92. The van der Waals surface area contributed by atoms with Gasteiger partial charge in [-0.15, -0.1) is 12.4 Å². The SMILES string of the molecule is Cl.O=Cc1cc(Cl)c(OCCCCC(=O)O)cc1[N+](=O)[O-]. The van der Waals surface area contributed by atoms with E-state index in [1.165, 1.54) is 6.07 Å². The molecule has 1 N–H and O–H groups in total. The number of hydrogen-bond donors (Lipinski definition) is 1. The summed E-state index contributed by atoms with van der Waals surface area (Å²) in [5.41, 5.74) is -0.511. The molecule has 0 saturated carbocycles. The molecule has 1 rings (SSSR count). The smallest absolute Gasteiger partial charge is 0.303 e. The van der Waals surface area contributed by atoms with Crippen molar-refractivity contribution in [1.82, 2.24) is 0 Å². The molecule has 0 aromatic heterocycles. The standard InChI is InChI=1S/C12H12ClNO6.ClH/c13-9-5-8(7-15)10(14(18)19)6-11(9)20-4-2-1-3-12(16)17;/h5-7H,1-4H2,(H,16,17);1H. The predicted octanol–water partition coefficient (Wildman–Crippen LogP) is 3.12. The summed E-state index contributed by atoms with van der Waals surface area (Å²) in [6.45, 7) is 0.185.